The van der Waals surface area contributed by atoms with Crippen molar-refractivity contribution in [2.45, 2.75) is 57.0 Å². The van der Waals surface area contributed by atoms with Crippen LogP contribution in [-0.2, 0) is 4.79 Å². The third-order valence-corrected chi connectivity index (χ3v) is 4.93. The summed E-state index contributed by atoms with van der Waals surface area (Å²) in [6.07, 6.45) is 6.39. The number of rotatable bonds is 5. The van der Waals surface area contributed by atoms with Crippen LogP contribution in [-0.4, -0.2) is 18.5 Å². The van der Waals surface area contributed by atoms with E-state index >= 15 is 0 Å². The quantitative estimate of drug-likeness (QED) is 0.868. The summed E-state index contributed by atoms with van der Waals surface area (Å²) in [5.41, 5.74) is 0.942. The highest BCUT2D eigenvalue weighted by Gasteiger charge is 2.32. The Labute approximate surface area is 132 Å². The summed E-state index contributed by atoms with van der Waals surface area (Å²) < 4.78 is 0. The number of carbonyl (C=O) groups excluding carboxylic acids is 1. The van der Waals surface area contributed by atoms with Crippen LogP contribution in [0.4, 0.5) is 0 Å². The molecule has 0 bridgehead atoms. The van der Waals surface area contributed by atoms with Crippen LogP contribution < -0.4 is 10.6 Å². The van der Waals surface area contributed by atoms with E-state index in [1.54, 1.807) is 0 Å². The summed E-state index contributed by atoms with van der Waals surface area (Å²) >= 11 is 6.19. The molecular formula is C17H25ClN2O. The number of carbonyl (C=O) groups is 1. The highest BCUT2D eigenvalue weighted by molar-refractivity contribution is 6.31. The average Bonchev–Trinajstić information content (AvgIpc) is 2.48. The molecule has 1 aliphatic rings. The van der Waals surface area contributed by atoms with Gasteiger partial charge in [-0.1, -0.05) is 49.1 Å². The minimum absolute atomic E-state index is 0.0253. The first-order valence-electron chi connectivity index (χ1n) is 7.79. The summed E-state index contributed by atoms with van der Waals surface area (Å²) in [5.74, 6) is 0.0960. The molecule has 0 radical (unpaired) electrons. The van der Waals surface area contributed by atoms with Crippen molar-refractivity contribution in [3.8, 4) is 0 Å². The van der Waals surface area contributed by atoms with Gasteiger partial charge in [0.05, 0.1) is 6.04 Å². The zero-order valence-electron chi connectivity index (χ0n) is 12.9. The molecule has 0 heterocycles. The predicted molar refractivity (Wildman–Crippen MR) is 87.5 cm³/mol. The lowest BCUT2D eigenvalue weighted by molar-refractivity contribution is -0.123. The maximum atomic E-state index is 12.4. The second-order valence-corrected chi connectivity index (χ2v) is 6.49. The van der Waals surface area contributed by atoms with Crippen molar-refractivity contribution in [1.82, 2.24) is 10.6 Å². The molecule has 0 saturated heterocycles. The number of hydrogen-bond donors (Lipinski definition) is 2. The Kier molecular flexibility index (Phi) is 5.65. The normalized spacial score (nSPS) is 19.0. The molecule has 2 N–H and O–H groups in total. The lowest BCUT2D eigenvalue weighted by Gasteiger charge is -2.37. The van der Waals surface area contributed by atoms with E-state index in [1.165, 1.54) is 19.3 Å². The SMILES string of the molecule is CNC1(CC(=O)N[C@H](C)c2ccccc2Cl)CCCCC1. The molecule has 1 saturated carbocycles. The molecular weight excluding hydrogens is 284 g/mol. The molecule has 1 aliphatic carbocycles. The van der Waals surface area contributed by atoms with Crippen LogP contribution in [0, 0.1) is 0 Å². The van der Waals surface area contributed by atoms with E-state index in [1.807, 2.05) is 38.2 Å². The van der Waals surface area contributed by atoms with Gasteiger partial charge in [0, 0.05) is 17.0 Å². The molecule has 2 rings (SSSR count). The Morgan fingerprint density at radius 3 is 2.57 bits per heavy atom. The minimum Gasteiger partial charge on any atom is -0.349 e. The largest absolute Gasteiger partial charge is 0.349 e. The Bertz CT molecular complexity index is 483. The van der Waals surface area contributed by atoms with Gasteiger partial charge >= 0.3 is 0 Å². The maximum Gasteiger partial charge on any atom is 0.222 e. The van der Waals surface area contributed by atoms with Crippen LogP contribution in [0.5, 0.6) is 0 Å². The van der Waals surface area contributed by atoms with Crippen LogP contribution in [0.25, 0.3) is 0 Å². The van der Waals surface area contributed by atoms with Crippen molar-refractivity contribution in [3.05, 3.63) is 34.9 Å². The number of halogens is 1. The lowest BCUT2D eigenvalue weighted by atomic mass is 9.79. The first kappa shape index (κ1) is 16.3. The topological polar surface area (TPSA) is 41.1 Å². The molecule has 1 aromatic carbocycles. The van der Waals surface area contributed by atoms with E-state index in [0.717, 1.165) is 18.4 Å². The van der Waals surface area contributed by atoms with Gasteiger partial charge < -0.3 is 10.6 Å². The molecule has 0 aliphatic heterocycles. The van der Waals surface area contributed by atoms with Gasteiger partial charge in [-0.05, 0) is 38.4 Å². The zero-order chi connectivity index (χ0) is 15.3. The molecule has 1 amide bonds. The molecule has 4 heteroatoms. The van der Waals surface area contributed by atoms with Gasteiger partial charge in [0.25, 0.3) is 0 Å². The van der Waals surface area contributed by atoms with Gasteiger partial charge in [0.2, 0.25) is 5.91 Å². The number of benzene rings is 1. The molecule has 0 spiro atoms. The summed E-state index contributed by atoms with van der Waals surface area (Å²) in [4.78, 5) is 12.4. The van der Waals surface area contributed by atoms with Gasteiger partial charge in [-0.25, -0.2) is 0 Å². The summed E-state index contributed by atoms with van der Waals surface area (Å²) in [6, 6.07) is 7.60. The maximum absolute atomic E-state index is 12.4. The fourth-order valence-corrected chi connectivity index (χ4v) is 3.55. The molecule has 1 atom stereocenters. The van der Waals surface area contributed by atoms with Crippen molar-refractivity contribution in [2.24, 2.45) is 0 Å². The van der Waals surface area contributed by atoms with Gasteiger partial charge in [-0.2, -0.15) is 0 Å². The predicted octanol–water partition coefficient (Wildman–Crippen LogP) is 3.83. The van der Waals surface area contributed by atoms with Crippen molar-refractivity contribution in [2.75, 3.05) is 7.05 Å². The van der Waals surface area contributed by atoms with Gasteiger partial charge in [-0.15, -0.1) is 0 Å². The Balaban J connectivity index is 1.96. The van der Waals surface area contributed by atoms with E-state index in [9.17, 15) is 4.79 Å². The first-order valence-corrected chi connectivity index (χ1v) is 8.17. The van der Waals surface area contributed by atoms with Crippen LogP contribution in [0.15, 0.2) is 24.3 Å². The molecule has 3 nitrogen and oxygen atoms in total. The van der Waals surface area contributed by atoms with E-state index in [-0.39, 0.29) is 17.5 Å². The number of nitrogens with one attached hydrogen (secondary N) is 2. The van der Waals surface area contributed by atoms with Crippen LogP contribution in [0.3, 0.4) is 0 Å². The summed E-state index contributed by atoms with van der Waals surface area (Å²) in [5, 5.41) is 7.17. The van der Waals surface area contributed by atoms with Crippen molar-refractivity contribution in [3.63, 3.8) is 0 Å². The molecule has 0 aromatic heterocycles. The highest BCUT2D eigenvalue weighted by atomic mass is 35.5. The molecule has 116 valence electrons. The fraction of sp³-hybridized carbons (Fsp3) is 0.588. The average molecular weight is 309 g/mol. The van der Waals surface area contributed by atoms with Gasteiger partial charge in [0.15, 0.2) is 0 Å². The zero-order valence-corrected chi connectivity index (χ0v) is 13.7. The van der Waals surface area contributed by atoms with E-state index in [4.69, 9.17) is 11.6 Å². The lowest BCUT2D eigenvalue weighted by Crippen LogP contribution is -2.48. The number of amides is 1. The third kappa shape index (κ3) is 4.21. The third-order valence-electron chi connectivity index (χ3n) is 4.59. The van der Waals surface area contributed by atoms with Gasteiger partial charge in [-0.3, -0.25) is 4.79 Å². The van der Waals surface area contributed by atoms with Crippen LogP contribution in [0.1, 0.15) is 57.1 Å². The summed E-state index contributed by atoms with van der Waals surface area (Å²) in [6.45, 7) is 1.98. The molecule has 1 aromatic rings. The Morgan fingerprint density at radius 1 is 1.29 bits per heavy atom. The molecule has 21 heavy (non-hydrogen) atoms. The Morgan fingerprint density at radius 2 is 1.95 bits per heavy atom. The monoisotopic (exact) mass is 308 g/mol. The van der Waals surface area contributed by atoms with Crippen molar-refractivity contribution >= 4 is 17.5 Å². The van der Waals surface area contributed by atoms with Gasteiger partial charge in [0.1, 0.15) is 0 Å². The van der Waals surface area contributed by atoms with Crippen LogP contribution >= 0.6 is 11.6 Å². The second kappa shape index (κ2) is 7.28. The Hall–Kier alpha value is -1.06. The minimum atomic E-state index is -0.0660. The van der Waals surface area contributed by atoms with Crippen molar-refractivity contribution in [1.29, 1.82) is 0 Å². The summed E-state index contributed by atoms with van der Waals surface area (Å²) in [7, 11) is 1.97. The standard InChI is InChI=1S/C17H25ClN2O/c1-13(14-8-4-5-9-15(14)18)20-16(21)12-17(19-2)10-6-3-7-11-17/h4-5,8-9,13,19H,3,6-7,10-12H2,1-2H3,(H,20,21)/t13-/m1/s1. The molecule has 1 fully saturated rings. The van der Waals surface area contributed by atoms with Crippen LogP contribution in [0.2, 0.25) is 5.02 Å². The number of hydrogen-bond acceptors (Lipinski definition) is 2. The molecule has 0 unspecified atom stereocenters. The smallest absolute Gasteiger partial charge is 0.222 e. The fourth-order valence-electron chi connectivity index (χ4n) is 3.25. The second-order valence-electron chi connectivity index (χ2n) is 6.08. The highest BCUT2D eigenvalue weighted by Crippen LogP contribution is 2.31. The van der Waals surface area contributed by atoms with E-state index in [0.29, 0.717) is 11.4 Å². The first-order chi connectivity index (χ1) is 10.1. The van der Waals surface area contributed by atoms with E-state index < -0.39 is 0 Å². The van der Waals surface area contributed by atoms with Crippen molar-refractivity contribution < 1.29 is 4.79 Å². The van der Waals surface area contributed by atoms with E-state index in [2.05, 4.69) is 10.6 Å².